The minimum atomic E-state index is -0.0511. The average Bonchev–Trinajstić information content (AvgIpc) is 2.46. The maximum atomic E-state index is 11.9. The third kappa shape index (κ3) is 4.12. The number of fused-ring (bicyclic) bond motifs is 1. The summed E-state index contributed by atoms with van der Waals surface area (Å²) in [5.74, 6) is 0.322. The molecule has 0 unspecified atom stereocenters. The van der Waals surface area contributed by atoms with Crippen molar-refractivity contribution in [2.75, 3.05) is 6.61 Å². The molecule has 3 heteroatoms. The summed E-state index contributed by atoms with van der Waals surface area (Å²) in [5.41, 5.74) is 0.530. The van der Waals surface area contributed by atoms with Crippen molar-refractivity contribution in [2.24, 2.45) is 0 Å². The molecule has 2 aromatic rings. The quantitative estimate of drug-likeness (QED) is 0.664. The van der Waals surface area contributed by atoms with E-state index >= 15 is 0 Å². The zero-order valence-corrected chi connectivity index (χ0v) is 12.1. The molecule has 0 atom stereocenters. The van der Waals surface area contributed by atoms with E-state index in [9.17, 15) is 4.79 Å². The van der Waals surface area contributed by atoms with Gasteiger partial charge >= 0.3 is 0 Å². The van der Waals surface area contributed by atoms with Crippen LogP contribution in [0.25, 0.3) is 11.0 Å². The SMILES string of the molecule is CCCCCCCCOc1cc(=O)c2ccccc2o1. The van der Waals surface area contributed by atoms with Gasteiger partial charge in [0.1, 0.15) is 5.58 Å². The summed E-state index contributed by atoms with van der Waals surface area (Å²) >= 11 is 0. The number of hydrogen-bond donors (Lipinski definition) is 0. The molecule has 1 aromatic heterocycles. The van der Waals surface area contributed by atoms with Gasteiger partial charge in [-0.25, -0.2) is 0 Å². The summed E-state index contributed by atoms with van der Waals surface area (Å²) in [7, 11) is 0. The highest BCUT2D eigenvalue weighted by molar-refractivity contribution is 5.76. The van der Waals surface area contributed by atoms with E-state index < -0.39 is 0 Å². The lowest BCUT2D eigenvalue weighted by molar-refractivity contribution is 0.238. The van der Waals surface area contributed by atoms with E-state index in [1.54, 1.807) is 12.1 Å². The molecule has 2 rings (SSSR count). The number of para-hydroxylation sites is 1. The first-order valence-electron chi connectivity index (χ1n) is 7.47. The second-order valence-electron chi connectivity index (χ2n) is 5.04. The largest absolute Gasteiger partial charge is 0.465 e. The van der Waals surface area contributed by atoms with Crippen molar-refractivity contribution in [3.05, 3.63) is 40.6 Å². The van der Waals surface area contributed by atoms with Crippen LogP contribution < -0.4 is 10.2 Å². The molecule has 20 heavy (non-hydrogen) atoms. The van der Waals surface area contributed by atoms with Crippen LogP contribution in [0, 0.1) is 0 Å². The van der Waals surface area contributed by atoms with Gasteiger partial charge in [0.15, 0.2) is 5.43 Å². The first kappa shape index (κ1) is 14.6. The molecule has 0 aliphatic rings. The van der Waals surface area contributed by atoms with Gasteiger partial charge in [-0.2, -0.15) is 0 Å². The summed E-state index contributed by atoms with van der Waals surface area (Å²) in [4.78, 5) is 11.9. The Labute approximate surface area is 119 Å². The minimum absolute atomic E-state index is 0.0511. The van der Waals surface area contributed by atoms with E-state index in [0.717, 1.165) is 12.8 Å². The van der Waals surface area contributed by atoms with Crippen LogP contribution in [0.1, 0.15) is 45.4 Å². The summed E-state index contributed by atoms with van der Waals surface area (Å²) < 4.78 is 11.1. The van der Waals surface area contributed by atoms with Crippen molar-refractivity contribution in [3.63, 3.8) is 0 Å². The summed E-state index contributed by atoms with van der Waals surface area (Å²) in [5, 5.41) is 0.597. The summed E-state index contributed by atoms with van der Waals surface area (Å²) in [6.45, 7) is 2.82. The maximum Gasteiger partial charge on any atom is 0.288 e. The predicted molar refractivity (Wildman–Crippen MR) is 81.4 cm³/mol. The number of hydrogen-bond acceptors (Lipinski definition) is 3. The van der Waals surface area contributed by atoms with Gasteiger partial charge in [0, 0.05) is 0 Å². The fraction of sp³-hybridized carbons (Fsp3) is 0.471. The molecule has 0 N–H and O–H groups in total. The van der Waals surface area contributed by atoms with Crippen molar-refractivity contribution in [2.45, 2.75) is 45.4 Å². The lowest BCUT2D eigenvalue weighted by Crippen LogP contribution is -2.03. The number of unbranched alkanes of at least 4 members (excludes halogenated alkanes) is 5. The first-order chi connectivity index (χ1) is 9.81. The molecule has 3 nitrogen and oxygen atoms in total. The highest BCUT2D eigenvalue weighted by atomic mass is 16.6. The van der Waals surface area contributed by atoms with Crippen LogP contribution in [0.3, 0.4) is 0 Å². The van der Waals surface area contributed by atoms with Gasteiger partial charge in [-0.15, -0.1) is 0 Å². The van der Waals surface area contributed by atoms with Crippen molar-refractivity contribution in [1.29, 1.82) is 0 Å². The van der Waals surface area contributed by atoms with Crippen molar-refractivity contribution >= 4 is 11.0 Å². The van der Waals surface area contributed by atoms with Gasteiger partial charge in [-0.3, -0.25) is 4.79 Å². The van der Waals surface area contributed by atoms with Gasteiger partial charge in [-0.05, 0) is 18.6 Å². The number of rotatable bonds is 8. The zero-order chi connectivity index (χ0) is 14.2. The smallest absolute Gasteiger partial charge is 0.288 e. The first-order valence-corrected chi connectivity index (χ1v) is 7.47. The lowest BCUT2D eigenvalue weighted by atomic mass is 10.1. The molecule has 0 amide bonds. The van der Waals surface area contributed by atoms with Crippen LogP contribution in [-0.4, -0.2) is 6.61 Å². The maximum absolute atomic E-state index is 11.9. The second kappa shape index (κ2) is 7.73. The van der Waals surface area contributed by atoms with E-state index in [4.69, 9.17) is 9.15 Å². The predicted octanol–water partition coefficient (Wildman–Crippen LogP) is 4.53. The van der Waals surface area contributed by atoms with Crippen LogP contribution in [-0.2, 0) is 0 Å². The Morgan fingerprint density at radius 2 is 1.80 bits per heavy atom. The minimum Gasteiger partial charge on any atom is -0.465 e. The van der Waals surface area contributed by atoms with E-state index in [2.05, 4.69) is 6.92 Å². The fourth-order valence-electron chi connectivity index (χ4n) is 2.21. The van der Waals surface area contributed by atoms with E-state index in [1.807, 2.05) is 12.1 Å². The highest BCUT2D eigenvalue weighted by Gasteiger charge is 2.04. The Morgan fingerprint density at radius 1 is 1.05 bits per heavy atom. The van der Waals surface area contributed by atoms with Gasteiger partial charge in [-0.1, -0.05) is 51.2 Å². The fourth-order valence-corrected chi connectivity index (χ4v) is 2.21. The van der Waals surface area contributed by atoms with Crippen LogP contribution >= 0.6 is 0 Å². The van der Waals surface area contributed by atoms with Crippen LogP contribution in [0.5, 0.6) is 5.95 Å². The molecule has 108 valence electrons. The molecule has 0 aliphatic heterocycles. The zero-order valence-electron chi connectivity index (χ0n) is 12.1. The molecule has 0 bridgehead atoms. The molecule has 0 fully saturated rings. The molecule has 1 aromatic carbocycles. The molecule has 0 aliphatic carbocycles. The third-order valence-corrected chi connectivity index (χ3v) is 3.35. The molecule has 0 spiro atoms. The van der Waals surface area contributed by atoms with Crippen molar-refractivity contribution in [1.82, 2.24) is 0 Å². The topological polar surface area (TPSA) is 39.4 Å². The van der Waals surface area contributed by atoms with E-state index in [1.165, 1.54) is 31.7 Å². The van der Waals surface area contributed by atoms with E-state index in [-0.39, 0.29) is 5.43 Å². The second-order valence-corrected chi connectivity index (χ2v) is 5.04. The number of ether oxygens (including phenoxy) is 1. The Bertz CT molecular complexity index is 586. The average molecular weight is 274 g/mol. The van der Waals surface area contributed by atoms with Crippen LogP contribution in [0.4, 0.5) is 0 Å². The Kier molecular flexibility index (Phi) is 5.66. The van der Waals surface area contributed by atoms with Gasteiger partial charge in [0.25, 0.3) is 5.95 Å². The Morgan fingerprint density at radius 3 is 2.65 bits per heavy atom. The van der Waals surface area contributed by atoms with E-state index in [0.29, 0.717) is 23.5 Å². The molecule has 0 radical (unpaired) electrons. The van der Waals surface area contributed by atoms with Crippen LogP contribution in [0.15, 0.2) is 39.5 Å². The van der Waals surface area contributed by atoms with Gasteiger partial charge < -0.3 is 9.15 Å². The summed E-state index contributed by atoms with van der Waals surface area (Å²) in [6.07, 6.45) is 7.28. The highest BCUT2D eigenvalue weighted by Crippen LogP contribution is 2.17. The lowest BCUT2D eigenvalue weighted by Gasteiger charge is -2.05. The third-order valence-electron chi connectivity index (χ3n) is 3.35. The molecule has 0 saturated heterocycles. The Balaban J connectivity index is 1.83. The molecular weight excluding hydrogens is 252 g/mol. The monoisotopic (exact) mass is 274 g/mol. The van der Waals surface area contributed by atoms with Gasteiger partial charge in [0.05, 0.1) is 18.1 Å². The summed E-state index contributed by atoms with van der Waals surface area (Å²) in [6, 6.07) is 8.66. The Hall–Kier alpha value is -1.77. The van der Waals surface area contributed by atoms with Crippen LogP contribution in [0.2, 0.25) is 0 Å². The molecule has 0 saturated carbocycles. The van der Waals surface area contributed by atoms with Gasteiger partial charge in [0.2, 0.25) is 0 Å². The molecular formula is C17H22O3. The molecule has 1 heterocycles. The number of benzene rings is 1. The standard InChI is InChI=1S/C17H22O3/c1-2-3-4-5-6-9-12-19-17-13-15(18)14-10-7-8-11-16(14)20-17/h7-8,10-11,13H,2-6,9,12H2,1H3. The van der Waals surface area contributed by atoms with Crippen molar-refractivity contribution < 1.29 is 9.15 Å². The van der Waals surface area contributed by atoms with Crippen molar-refractivity contribution in [3.8, 4) is 5.95 Å². The normalized spacial score (nSPS) is 10.8.